The van der Waals surface area contributed by atoms with Crippen molar-refractivity contribution in [3.8, 4) is 11.8 Å². The molecule has 2 rings (SSSR count). The molecule has 1 aromatic carbocycles. The molecule has 0 aliphatic rings. The fourth-order valence-corrected chi connectivity index (χ4v) is 2.56. The molecule has 0 unspecified atom stereocenters. The second-order valence-corrected chi connectivity index (χ2v) is 5.98. The van der Waals surface area contributed by atoms with Gasteiger partial charge in [-0.25, -0.2) is 13.1 Å². The predicted octanol–water partition coefficient (Wildman–Crippen LogP) is -0.396. The van der Waals surface area contributed by atoms with E-state index in [-0.39, 0.29) is 18.0 Å². The number of rotatable bonds is 4. The summed E-state index contributed by atoms with van der Waals surface area (Å²) in [5.74, 6) is 6.07. The predicted molar refractivity (Wildman–Crippen MR) is 77.4 cm³/mol. The van der Waals surface area contributed by atoms with Crippen LogP contribution in [-0.4, -0.2) is 29.7 Å². The Morgan fingerprint density at radius 1 is 1.33 bits per heavy atom. The highest BCUT2D eigenvalue weighted by atomic mass is 32.2. The van der Waals surface area contributed by atoms with Crippen LogP contribution in [0.25, 0.3) is 0 Å². The normalized spacial score (nSPS) is 11.0. The van der Waals surface area contributed by atoms with E-state index in [1.807, 2.05) is 0 Å². The molecule has 0 saturated carbocycles. The monoisotopic (exact) mass is 305 g/mol. The summed E-state index contributed by atoms with van der Waals surface area (Å²) < 4.78 is 28.4. The van der Waals surface area contributed by atoms with E-state index >= 15 is 0 Å². The minimum Gasteiger partial charge on any atom is -0.320 e. The van der Waals surface area contributed by atoms with Crippen molar-refractivity contribution in [1.82, 2.24) is 19.5 Å². The van der Waals surface area contributed by atoms with Gasteiger partial charge in [-0.15, -0.1) is 10.2 Å². The minimum absolute atomic E-state index is 0.0769. The van der Waals surface area contributed by atoms with Crippen molar-refractivity contribution in [2.75, 3.05) is 6.54 Å². The molecule has 3 N–H and O–H groups in total. The molecule has 2 aromatic rings. The van der Waals surface area contributed by atoms with E-state index in [0.717, 1.165) is 0 Å². The van der Waals surface area contributed by atoms with Gasteiger partial charge >= 0.3 is 0 Å². The molecule has 0 saturated heterocycles. The molecule has 1 heterocycles. The fraction of sp³-hybridized carbons (Fsp3) is 0.231. The molecule has 110 valence electrons. The van der Waals surface area contributed by atoms with Crippen LogP contribution in [0.2, 0.25) is 0 Å². The molecule has 7 nitrogen and oxygen atoms in total. The van der Waals surface area contributed by atoms with Gasteiger partial charge in [-0.2, -0.15) is 0 Å². The Kier molecular flexibility index (Phi) is 4.70. The van der Waals surface area contributed by atoms with Crippen LogP contribution >= 0.6 is 0 Å². The van der Waals surface area contributed by atoms with Gasteiger partial charge in [-0.1, -0.05) is 11.8 Å². The highest BCUT2D eigenvalue weighted by Gasteiger charge is 2.14. The maximum Gasteiger partial charge on any atom is 0.240 e. The lowest BCUT2D eigenvalue weighted by Crippen LogP contribution is -2.24. The highest BCUT2D eigenvalue weighted by molar-refractivity contribution is 7.89. The summed E-state index contributed by atoms with van der Waals surface area (Å²) in [5, 5.41) is 7.50. The first-order valence-corrected chi connectivity index (χ1v) is 7.63. The third-order valence-electron chi connectivity index (χ3n) is 2.72. The van der Waals surface area contributed by atoms with E-state index in [4.69, 9.17) is 5.73 Å². The van der Waals surface area contributed by atoms with Gasteiger partial charge in [0.25, 0.3) is 0 Å². The van der Waals surface area contributed by atoms with Crippen molar-refractivity contribution in [2.24, 2.45) is 12.8 Å². The van der Waals surface area contributed by atoms with Crippen molar-refractivity contribution in [3.63, 3.8) is 0 Å². The number of aromatic nitrogens is 3. The maximum absolute atomic E-state index is 12.1. The zero-order chi connectivity index (χ0) is 15.3. The van der Waals surface area contributed by atoms with Crippen LogP contribution in [-0.2, 0) is 23.6 Å². The number of sulfonamides is 1. The van der Waals surface area contributed by atoms with Crippen LogP contribution < -0.4 is 10.5 Å². The molecule has 1 aromatic heterocycles. The van der Waals surface area contributed by atoms with Crippen molar-refractivity contribution in [3.05, 3.63) is 42.0 Å². The molecular weight excluding hydrogens is 290 g/mol. The molecule has 0 aliphatic carbocycles. The largest absolute Gasteiger partial charge is 0.320 e. The second-order valence-electron chi connectivity index (χ2n) is 4.21. The van der Waals surface area contributed by atoms with E-state index in [2.05, 4.69) is 26.8 Å². The van der Waals surface area contributed by atoms with Gasteiger partial charge in [0.05, 0.1) is 18.0 Å². The van der Waals surface area contributed by atoms with E-state index in [1.54, 1.807) is 23.7 Å². The number of benzene rings is 1. The third kappa shape index (κ3) is 3.88. The smallest absolute Gasteiger partial charge is 0.240 e. The number of aryl methyl sites for hydroxylation is 1. The topological polar surface area (TPSA) is 103 Å². The van der Waals surface area contributed by atoms with Gasteiger partial charge in [0.15, 0.2) is 0 Å². The second kappa shape index (κ2) is 6.49. The zero-order valence-electron chi connectivity index (χ0n) is 11.4. The Morgan fingerprint density at radius 2 is 2.05 bits per heavy atom. The van der Waals surface area contributed by atoms with Crippen molar-refractivity contribution < 1.29 is 8.42 Å². The first kappa shape index (κ1) is 15.2. The van der Waals surface area contributed by atoms with Gasteiger partial charge in [0.2, 0.25) is 10.0 Å². The first-order chi connectivity index (χ1) is 10.0. The number of nitrogens with one attached hydrogen (secondary N) is 1. The summed E-state index contributed by atoms with van der Waals surface area (Å²) in [4.78, 5) is 0.169. The summed E-state index contributed by atoms with van der Waals surface area (Å²) in [5.41, 5.74) is 6.00. The summed E-state index contributed by atoms with van der Waals surface area (Å²) in [7, 11) is -1.85. The van der Waals surface area contributed by atoms with Crippen LogP contribution in [0.1, 0.15) is 11.4 Å². The molecule has 0 amide bonds. The Bertz CT molecular complexity index is 769. The molecule has 8 heteroatoms. The maximum atomic E-state index is 12.1. The molecule has 0 atom stereocenters. The quantitative estimate of drug-likeness (QED) is 0.748. The molecule has 21 heavy (non-hydrogen) atoms. The lowest BCUT2D eigenvalue weighted by Gasteiger charge is -2.06. The molecule has 0 aliphatic heterocycles. The Hall–Kier alpha value is -2.21. The standard InChI is InChI=1S/C13H15N5O2S/c1-18-10-15-17-13(18)9-16-21(19,20)12-6-4-11(5-7-12)3-2-8-14/h4-7,10,16H,8-9,14H2,1H3. The summed E-state index contributed by atoms with van der Waals surface area (Å²) in [6.07, 6.45) is 1.51. The van der Waals surface area contributed by atoms with Crippen molar-refractivity contribution in [1.29, 1.82) is 0 Å². The van der Waals surface area contributed by atoms with Crippen LogP contribution in [0.4, 0.5) is 0 Å². The van der Waals surface area contributed by atoms with Crippen LogP contribution in [0.5, 0.6) is 0 Å². The van der Waals surface area contributed by atoms with Crippen LogP contribution in [0, 0.1) is 11.8 Å². The third-order valence-corrected chi connectivity index (χ3v) is 4.14. The Morgan fingerprint density at radius 3 is 2.62 bits per heavy atom. The van der Waals surface area contributed by atoms with Gasteiger partial charge in [0.1, 0.15) is 12.2 Å². The van der Waals surface area contributed by atoms with Crippen molar-refractivity contribution >= 4 is 10.0 Å². The molecule has 0 spiro atoms. The number of nitrogens with two attached hydrogens (primary N) is 1. The van der Waals surface area contributed by atoms with E-state index < -0.39 is 10.0 Å². The first-order valence-electron chi connectivity index (χ1n) is 6.14. The highest BCUT2D eigenvalue weighted by Crippen LogP contribution is 2.10. The van der Waals surface area contributed by atoms with Crippen molar-refractivity contribution in [2.45, 2.75) is 11.4 Å². The molecule has 0 fully saturated rings. The average molecular weight is 305 g/mol. The number of nitrogens with zero attached hydrogens (tertiary/aromatic N) is 3. The van der Waals surface area contributed by atoms with Crippen LogP contribution in [0.15, 0.2) is 35.5 Å². The summed E-state index contributed by atoms with van der Waals surface area (Å²) in [6, 6.07) is 6.28. The lowest BCUT2D eigenvalue weighted by atomic mass is 10.2. The Labute approximate surface area is 123 Å². The zero-order valence-corrected chi connectivity index (χ0v) is 12.3. The van der Waals surface area contributed by atoms with E-state index in [9.17, 15) is 8.42 Å². The molecular formula is C13H15N5O2S. The summed E-state index contributed by atoms with van der Waals surface area (Å²) in [6.45, 7) is 0.340. The number of hydrogen-bond donors (Lipinski definition) is 2. The molecule has 0 bridgehead atoms. The summed E-state index contributed by atoms with van der Waals surface area (Å²) >= 11 is 0. The van der Waals surface area contributed by atoms with E-state index in [0.29, 0.717) is 11.4 Å². The SMILES string of the molecule is Cn1cnnc1CNS(=O)(=O)c1ccc(C#CCN)cc1. The average Bonchev–Trinajstić information content (AvgIpc) is 2.89. The van der Waals surface area contributed by atoms with Gasteiger partial charge in [-0.05, 0) is 24.3 Å². The van der Waals surface area contributed by atoms with Gasteiger partial charge < -0.3 is 10.3 Å². The van der Waals surface area contributed by atoms with Crippen LogP contribution in [0.3, 0.4) is 0 Å². The van der Waals surface area contributed by atoms with Gasteiger partial charge in [0, 0.05) is 12.6 Å². The molecule has 0 radical (unpaired) electrons. The minimum atomic E-state index is -3.59. The van der Waals surface area contributed by atoms with Gasteiger partial charge in [-0.3, -0.25) is 0 Å². The number of hydrogen-bond acceptors (Lipinski definition) is 5. The lowest BCUT2D eigenvalue weighted by molar-refractivity contribution is 0.577. The van der Waals surface area contributed by atoms with E-state index in [1.165, 1.54) is 18.5 Å². The Balaban J connectivity index is 2.10. The fourth-order valence-electron chi connectivity index (χ4n) is 1.58.